The highest BCUT2D eigenvalue weighted by Gasteiger charge is 2.32. The van der Waals surface area contributed by atoms with E-state index >= 15 is 0 Å². The minimum absolute atomic E-state index is 0.548. The Balaban J connectivity index is 1.65. The van der Waals surface area contributed by atoms with Crippen LogP contribution in [0.4, 0.5) is 0 Å². The summed E-state index contributed by atoms with van der Waals surface area (Å²) >= 11 is 0. The van der Waals surface area contributed by atoms with E-state index in [9.17, 15) is 0 Å². The summed E-state index contributed by atoms with van der Waals surface area (Å²) in [5.74, 6) is 2.58. The van der Waals surface area contributed by atoms with Crippen LogP contribution >= 0.6 is 0 Å². The number of hydrogen-bond donors (Lipinski definition) is 0. The lowest BCUT2D eigenvalue weighted by Gasteiger charge is -2.42. The fraction of sp³-hybridized carbons (Fsp3) is 1.00. The van der Waals surface area contributed by atoms with Crippen LogP contribution in [-0.2, 0) is 9.47 Å². The smallest absolute Gasteiger partial charge is 0.0577 e. The molecule has 2 aliphatic rings. The highest BCUT2D eigenvalue weighted by molar-refractivity contribution is 4.85. The highest BCUT2D eigenvalue weighted by atomic mass is 16.5. The van der Waals surface area contributed by atoms with Crippen LogP contribution in [0.25, 0.3) is 0 Å². The summed E-state index contributed by atoms with van der Waals surface area (Å²) in [4.78, 5) is 2.67. The Morgan fingerprint density at radius 1 is 1.22 bits per heavy atom. The van der Waals surface area contributed by atoms with Crippen molar-refractivity contribution in [1.82, 2.24) is 4.90 Å². The Bertz CT molecular complexity index is 241. The van der Waals surface area contributed by atoms with Crippen molar-refractivity contribution in [2.45, 2.75) is 38.7 Å². The van der Waals surface area contributed by atoms with Gasteiger partial charge >= 0.3 is 0 Å². The van der Waals surface area contributed by atoms with Crippen molar-refractivity contribution < 1.29 is 9.47 Å². The predicted octanol–water partition coefficient (Wildman–Crippen LogP) is 2.41. The van der Waals surface area contributed by atoms with E-state index in [-0.39, 0.29) is 0 Å². The van der Waals surface area contributed by atoms with Gasteiger partial charge in [0.1, 0.15) is 0 Å². The van der Waals surface area contributed by atoms with E-state index < -0.39 is 0 Å². The Labute approximate surface area is 112 Å². The van der Waals surface area contributed by atoms with Crippen LogP contribution in [0.3, 0.4) is 0 Å². The second kappa shape index (κ2) is 6.88. The molecule has 0 amide bonds. The lowest BCUT2D eigenvalue weighted by atomic mass is 9.80. The van der Waals surface area contributed by atoms with Crippen molar-refractivity contribution in [3.63, 3.8) is 0 Å². The van der Waals surface area contributed by atoms with Crippen LogP contribution in [0.15, 0.2) is 0 Å². The molecule has 2 unspecified atom stereocenters. The van der Waals surface area contributed by atoms with Crippen molar-refractivity contribution in [1.29, 1.82) is 0 Å². The number of nitrogens with zero attached hydrogens (tertiary/aromatic N) is 1. The topological polar surface area (TPSA) is 21.7 Å². The minimum Gasteiger partial charge on any atom is -0.385 e. The van der Waals surface area contributed by atoms with E-state index in [0.29, 0.717) is 6.10 Å². The maximum absolute atomic E-state index is 5.36. The van der Waals surface area contributed by atoms with Crippen LogP contribution in [0.5, 0.6) is 0 Å². The van der Waals surface area contributed by atoms with Gasteiger partial charge in [0.05, 0.1) is 6.10 Å². The van der Waals surface area contributed by atoms with Gasteiger partial charge in [-0.1, -0.05) is 6.92 Å². The van der Waals surface area contributed by atoms with Gasteiger partial charge < -0.3 is 14.4 Å². The van der Waals surface area contributed by atoms with Crippen LogP contribution in [0.2, 0.25) is 0 Å². The minimum atomic E-state index is 0.548. The van der Waals surface area contributed by atoms with Crippen LogP contribution in [-0.4, -0.2) is 51.5 Å². The average Bonchev–Trinajstić information content (AvgIpc) is 2.32. The van der Waals surface area contributed by atoms with Gasteiger partial charge in [-0.25, -0.2) is 0 Å². The van der Waals surface area contributed by atoms with Gasteiger partial charge in [-0.15, -0.1) is 0 Å². The summed E-state index contributed by atoms with van der Waals surface area (Å²) < 4.78 is 10.6. The van der Waals surface area contributed by atoms with Gasteiger partial charge in [-0.3, -0.25) is 0 Å². The largest absolute Gasteiger partial charge is 0.385 e. The maximum atomic E-state index is 5.36. The molecule has 0 aromatic rings. The van der Waals surface area contributed by atoms with Crippen LogP contribution < -0.4 is 0 Å². The van der Waals surface area contributed by atoms with E-state index in [1.54, 1.807) is 0 Å². The zero-order valence-electron chi connectivity index (χ0n) is 12.2. The standard InChI is InChI=1S/C15H29NO2/c1-12-10-16(6-4-14(12)5-7-17-2)11-13-8-15(9-13)18-3/h12-15H,4-11H2,1-3H3. The zero-order chi connectivity index (χ0) is 13.0. The Kier molecular flexibility index (Phi) is 5.46. The molecule has 0 aromatic carbocycles. The third kappa shape index (κ3) is 3.69. The third-order valence-corrected chi connectivity index (χ3v) is 4.90. The molecule has 0 N–H and O–H groups in total. The van der Waals surface area contributed by atoms with Gasteiger partial charge in [0.15, 0.2) is 0 Å². The molecule has 1 heterocycles. The van der Waals surface area contributed by atoms with Crippen molar-refractivity contribution in [2.75, 3.05) is 40.5 Å². The van der Waals surface area contributed by atoms with E-state index in [0.717, 1.165) is 24.4 Å². The van der Waals surface area contributed by atoms with Gasteiger partial charge in [-0.05, 0) is 50.0 Å². The second-order valence-corrected chi connectivity index (χ2v) is 6.26. The number of ether oxygens (including phenoxy) is 2. The Morgan fingerprint density at radius 2 is 2.00 bits per heavy atom. The first kappa shape index (κ1) is 14.3. The molecule has 3 heteroatoms. The van der Waals surface area contributed by atoms with E-state index in [1.807, 2.05) is 14.2 Å². The van der Waals surface area contributed by atoms with Crippen LogP contribution in [0.1, 0.15) is 32.6 Å². The quantitative estimate of drug-likeness (QED) is 0.727. The average molecular weight is 255 g/mol. The lowest BCUT2D eigenvalue weighted by molar-refractivity contribution is -0.0186. The molecule has 0 radical (unpaired) electrons. The van der Waals surface area contributed by atoms with Crippen molar-refractivity contribution in [3.8, 4) is 0 Å². The molecule has 2 fully saturated rings. The molecule has 2 rings (SSSR count). The van der Waals surface area contributed by atoms with Gasteiger partial charge in [0.25, 0.3) is 0 Å². The molecule has 3 nitrogen and oxygen atoms in total. The SMILES string of the molecule is COCCC1CCN(CC2CC(OC)C2)CC1C. The number of likely N-dealkylation sites (tertiary alicyclic amines) is 1. The second-order valence-electron chi connectivity index (χ2n) is 6.26. The molecule has 18 heavy (non-hydrogen) atoms. The molecular weight excluding hydrogens is 226 g/mol. The normalized spacial score (nSPS) is 37.5. The molecule has 1 aliphatic carbocycles. The first-order chi connectivity index (χ1) is 8.72. The molecule has 106 valence electrons. The number of rotatable bonds is 6. The number of piperidine rings is 1. The third-order valence-electron chi connectivity index (χ3n) is 4.90. The highest BCUT2D eigenvalue weighted by Crippen LogP contribution is 2.32. The van der Waals surface area contributed by atoms with E-state index in [4.69, 9.17) is 9.47 Å². The molecule has 0 spiro atoms. The Morgan fingerprint density at radius 3 is 2.61 bits per heavy atom. The van der Waals surface area contributed by atoms with Gasteiger partial charge in [0.2, 0.25) is 0 Å². The molecular formula is C15H29NO2. The Hall–Kier alpha value is -0.120. The van der Waals surface area contributed by atoms with Crippen molar-refractivity contribution in [2.24, 2.45) is 17.8 Å². The maximum Gasteiger partial charge on any atom is 0.0577 e. The van der Waals surface area contributed by atoms with E-state index in [2.05, 4.69) is 11.8 Å². The van der Waals surface area contributed by atoms with E-state index in [1.165, 1.54) is 45.3 Å². The zero-order valence-corrected chi connectivity index (χ0v) is 12.2. The van der Waals surface area contributed by atoms with Gasteiger partial charge in [0, 0.05) is 33.9 Å². The molecule has 1 saturated heterocycles. The molecule has 0 bridgehead atoms. The summed E-state index contributed by atoms with van der Waals surface area (Å²) in [6, 6.07) is 0. The van der Waals surface area contributed by atoms with Crippen LogP contribution in [0, 0.1) is 17.8 Å². The van der Waals surface area contributed by atoms with Crippen molar-refractivity contribution in [3.05, 3.63) is 0 Å². The number of methoxy groups -OCH3 is 2. The lowest BCUT2D eigenvalue weighted by Crippen LogP contribution is -2.45. The van der Waals surface area contributed by atoms with Crippen molar-refractivity contribution >= 4 is 0 Å². The summed E-state index contributed by atoms with van der Waals surface area (Å²) in [5.41, 5.74) is 0. The number of hydrogen-bond acceptors (Lipinski definition) is 3. The summed E-state index contributed by atoms with van der Waals surface area (Å²) in [6.45, 7) is 7.19. The first-order valence-corrected chi connectivity index (χ1v) is 7.47. The molecule has 1 saturated carbocycles. The fourth-order valence-electron chi connectivity index (χ4n) is 3.53. The summed E-state index contributed by atoms with van der Waals surface area (Å²) in [5, 5.41) is 0. The summed E-state index contributed by atoms with van der Waals surface area (Å²) in [6.07, 6.45) is 5.68. The predicted molar refractivity (Wildman–Crippen MR) is 73.7 cm³/mol. The molecule has 2 atom stereocenters. The fourth-order valence-corrected chi connectivity index (χ4v) is 3.53. The monoisotopic (exact) mass is 255 g/mol. The first-order valence-electron chi connectivity index (χ1n) is 7.47. The summed E-state index contributed by atoms with van der Waals surface area (Å²) in [7, 11) is 3.65. The molecule has 0 aromatic heterocycles. The van der Waals surface area contributed by atoms with Gasteiger partial charge in [-0.2, -0.15) is 0 Å². The molecule has 1 aliphatic heterocycles.